The first kappa shape index (κ1) is 16.5. The molecule has 1 aliphatic heterocycles. The third-order valence-electron chi connectivity index (χ3n) is 4.09. The second kappa shape index (κ2) is 6.25. The van der Waals surface area contributed by atoms with Gasteiger partial charge in [-0.15, -0.1) is 0 Å². The molecule has 0 aliphatic carbocycles. The summed E-state index contributed by atoms with van der Waals surface area (Å²) in [6, 6.07) is 0. The van der Waals surface area contributed by atoms with E-state index in [-0.39, 0.29) is 5.91 Å². The fourth-order valence-corrected chi connectivity index (χ4v) is 2.46. The van der Waals surface area contributed by atoms with Crippen LogP contribution in [0.1, 0.15) is 54.4 Å². The molecule has 1 atom stereocenters. The van der Waals surface area contributed by atoms with Gasteiger partial charge in [0.2, 0.25) is 5.91 Å². The van der Waals surface area contributed by atoms with Crippen LogP contribution in [0.25, 0.3) is 0 Å². The van der Waals surface area contributed by atoms with Gasteiger partial charge in [0.05, 0.1) is 6.54 Å². The Balaban J connectivity index is 2.25. The summed E-state index contributed by atoms with van der Waals surface area (Å²) < 4.78 is 0. The summed E-state index contributed by atoms with van der Waals surface area (Å²) in [4.78, 5) is 14.1. The van der Waals surface area contributed by atoms with Gasteiger partial charge in [0, 0.05) is 13.1 Å². The molecule has 1 N–H and O–H groups in total. The van der Waals surface area contributed by atoms with E-state index < -0.39 is 0 Å². The smallest absolute Gasteiger partial charge is 0.236 e. The Morgan fingerprint density at radius 1 is 1.21 bits per heavy atom. The van der Waals surface area contributed by atoms with Crippen molar-refractivity contribution in [2.24, 2.45) is 16.7 Å². The number of nitrogens with zero attached hydrogens (tertiary/aromatic N) is 1. The van der Waals surface area contributed by atoms with E-state index in [2.05, 4.69) is 46.9 Å². The van der Waals surface area contributed by atoms with Crippen LogP contribution in [0.15, 0.2) is 0 Å². The van der Waals surface area contributed by atoms with Crippen LogP contribution >= 0.6 is 0 Å². The number of nitrogens with one attached hydrogen (secondary N) is 1. The average molecular weight is 268 g/mol. The maximum absolute atomic E-state index is 12.1. The molecule has 1 unspecified atom stereocenters. The van der Waals surface area contributed by atoms with Crippen LogP contribution in [-0.2, 0) is 4.79 Å². The van der Waals surface area contributed by atoms with Gasteiger partial charge in [-0.2, -0.15) is 0 Å². The van der Waals surface area contributed by atoms with Gasteiger partial charge in [0.1, 0.15) is 0 Å². The summed E-state index contributed by atoms with van der Waals surface area (Å²) in [6.07, 6.45) is 2.25. The third kappa shape index (κ3) is 5.94. The molecule has 112 valence electrons. The Hall–Kier alpha value is -0.570. The van der Waals surface area contributed by atoms with Crippen LogP contribution in [0.2, 0.25) is 0 Å². The summed E-state index contributed by atoms with van der Waals surface area (Å²) in [5.74, 6) is 0.909. The van der Waals surface area contributed by atoms with Crippen LogP contribution in [0, 0.1) is 16.7 Å². The van der Waals surface area contributed by atoms with Gasteiger partial charge in [-0.3, -0.25) is 4.79 Å². The Morgan fingerprint density at radius 2 is 1.84 bits per heavy atom. The zero-order valence-electron chi connectivity index (χ0n) is 13.7. The van der Waals surface area contributed by atoms with Crippen LogP contribution < -0.4 is 5.32 Å². The van der Waals surface area contributed by atoms with Gasteiger partial charge in [0.15, 0.2) is 0 Å². The van der Waals surface area contributed by atoms with Gasteiger partial charge in [0.25, 0.3) is 0 Å². The van der Waals surface area contributed by atoms with Crippen molar-refractivity contribution in [3.63, 3.8) is 0 Å². The minimum absolute atomic E-state index is 0.264. The summed E-state index contributed by atoms with van der Waals surface area (Å²) in [7, 11) is 0. The van der Waals surface area contributed by atoms with Crippen molar-refractivity contribution in [1.82, 2.24) is 10.2 Å². The van der Waals surface area contributed by atoms with Crippen LogP contribution in [0.5, 0.6) is 0 Å². The van der Waals surface area contributed by atoms with E-state index in [1.165, 1.54) is 0 Å². The Labute approximate surface area is 119 Å². The molecular weight excluding hydrogens is 236 g/mol. The van der Waals surface area contributed by atoms with E-state index in [1.54, 1.807) is 0 Å². The Kier molecular flexibility index (Phi) is 5.43. The predicted octanol–water partition coefficient (Wildman–Crippen LogP) is 2.91. The maximum atomic E-state index is 12.1. The lowest BCUT2D eigenvalue weighted by Crippen LogP contribution is -2.38. The van der Waals surface area contributed by atoms with E-state index in [1.807, 2.05) is 4.90 Å². The standard InChI is InChI=1S/C16H32N2O/c1-15(2,3)8-9-17-11-14(19)18-10-7-13(12-18)16(4,5)6/h13,17H,7-12H2,1-6H3. The molecule has 1 rings (SSSR count). The summed E-state index contributed by atoms with van der Waals surface area (Å²) >= 11 is 0. The monoisotopic (exact) mass is 268 g/mol. The first-order chi connectivity index (χ1) is 8.59. The number of carbonyl (C=O) groups is 1. The fraction of sp³-hybridized carbons (Fsp3) is 0.938. The van der Waals surface area contributed by atoms with Crippen LogP contribution in [-0.4, -0.2) is 37.0 Å². The van der Waals surface area contributed by atoms with Gasteiger partial charge >= 0.3 is 0 Å². The molecule has 0 radical (unpaired) electrons. The van der Waals surface area contributed by atoms with Gasteiger partial charge < -0.3 is 10.2 Å². The molecule has 0 aromatic rings. The van der Waals surface area contributed by atoms with Crippen molar-refractivity contribution in [2.75, 3.05) is 26.2 Å². The minimum atomic E-state index is 0.264. The lowest BCUT2D eigenvalue weighted by molar-refractivity contribution is -0.129. The zero-order chi connectivity index (χ0) is 14.7. The molecule has 0 aromatic carbocycles. The molecule has 1 aliphatic rings. The van der Waals surface area contributed by atoms with Crippen molar-refractivity contribution >= 4 is 5.91 Å². The molecule has 0 spiro atoms. The first-order valence-corrected chi connectivity index (χ1v) is 7.58. The highest BCUT2D eigenvalue weighted by molar-refractivity contribution is 5.78. The van der Waals surface area contributed by atoms with Crippen LogP contribution in [0.4, 0.5) is 0 Å². The molecule has 0 saturated carbocycles. The summed E-state index contributed by atoms with van der Waals surface area (Å²) in [6.45, 7) is 16.8. The number of amides is 1. The lowest BCUT2D eigenvalue weighted by Gasteiger charge is -2.27. The Morgan fingerprint density at radius 3 is 2.32 bits per heavy atom. The zero-order valence-corrected chi connectivity index (χ0v) is 13.7. The van der Waals surface area contributed by atoms with E-state index in [0.717, 1.165) is 32.5 Å². The number of likely N-dealkylation sites (tertiary alicyclic amines) is 1. The van der Waals surface area contributed by atoms with E-state index in [4.69, 9.17) is 0 Å². The van der Waals surface area contributed by atoms with Crippen molar-refractivity contribution in [2.45, 2.75) is 54.4 Å². The summed E-state index contributed by atoms with van der Waals surface area (Å²) in [5.41, 5.74) is 0.649. The van der Waals surface area contributed by atoms with E-state index >= 15 is 0 Å². The second-order valence-electron chi connectivity index (χ2n) is 8.18. The summed E-state index contributed by atoms with van der Waals surface area (Å²) in [5, 5.41) is 3.28. The highest BCUT2D eigenvalue weighted by Gasteiger charge is 2.33. The van der Waals surface area contributed by atoms with Crippen molar-refractivity contribution in [1.29, 1.82) is 0 Å². The van der Waals surface area contributed by atoms with E-state index in [0.29, 0.717) is 23.3 Å². The molecule has 0 aromatic heterocycles. The van der Waals surface area contributed by atoms with Crippen LogP contribution in [0.3, 0.4) is 0 Å². The number of rotatable bonds is 4. The Bertz CT molecular complexity index is 299. The van der Waals surface area contributed by atoms with Crippen molar-refractivity contribution in [3.05, 3.63) is 0 Å². The molecule has 1 amide bonds. The fourth-order valence-electron chi connectivity index (χ4n) is 2.46. The SMILES string of the molecule is CC(C)(C)CCNCC(=O)N1CCC(C(C)(C)C)C1. The van der Waals surface area contributed by atoms with Gasteiger partial charge in [-0.05, 0) is 36.1 Å². The van der Waals surface area contributed by atoms with Gasteiger partial charge in [-0.25, -0.2) is 0 Å². The molecular formula is C16H32N2O. The van der Waals surface area contributed by atoms with E-state index in [9.17, 15) is 4.79 Å². The largest absolute Gasteiger partial charge is 0.341 e. The first-order valence-electron chi connectivity index (χ1n) is 7.58. The van der Waals surface area contributed by atoms with Crippen molar-refractivity contribution < 1.29 is 4.79 Å². The lowest BCUT2D eigenvalue weighted by atomic mass is 9.80. The maximum Gasteiger partial charge on any atom is 0.236 e. The minimum Gasteiger partial charge on any atom is -0.341 e. The molecule has 19 heavy (non-hydrogen) atoms. The topological polar surface area (TPSA) is 32.3 Å². The molecule has 1 fully saturated rings. The molecule has 0 bridgehead atoms. The van der Waals surface area contributed by atoms with Crippen molar-refractivity contribution in [3.8, 4) is 0 Å². The molecule has 3 heteroatoms. The number of carbonyl (C=O) groups excluding carboxylic acids is 1. The highest BCUT2D eigenvalue weighted by Crippen LogP contribution is 2.33. The predicted molar refractivity (Wildman–Crippen MR) is 81.1 cm³/mol. The highest BCUT2D eigenvalue weighted by atomic mass is 16.2. The number of hydrogen-bond acceptors (Lipinski definition) is 2. The molecule has 1 heterocycles. The average Bonchev–Trinajstić information content (AvgIpc) is 2.71. The molecule has 1 saturated heterocycles. The van der Waals surface area contributed by atoms with Gasteiger partial charge in [-0.1, -0.05) is 41.5 Å². The normalized spacial score (nSPS) is 20.9. The quantitative estimate of drug-likeness (QED) is 0.795. The third-order valence-corrected chi connectivity index (χ3v) is 4.09. The number of hydrogen-bond donors (Lipinski definition) is 1. The molecule has 3 nitrogen and oxygen atoms in total. The second-order valence-corrected chi connectivity index (χ2v) is 8.18.